The van der Waals surface area contributed by atoms with Gasteiger partial charge in [0.25, 0.3) is 0 Å². The second-order valence-corrected chi connectivity index (χ2v) is 6.81. The van der Waals surface area contributed by atoms with Crippen molar-refractivity contribution in [1.29, 1.82) is 5.26 Å². The molecular formula is C11H14N2O2S. The zero-order valence-electron chi connectivity index (χ0n) is 9.48. The summed E-state index contributed by atoms with van der Waals surface area (Å²) >= 11 is 0. The Labute approximate surface area is 96.0 Å². The van der Waals surface area contributed by atoms with Crippen molar-refractivity contribution in [1.82, 2.24) is 0 Å². The highest BCUT2D eigenvalue weighted by Gasteiger charge is 2.29. The highest BCUT2D eigenvalue weighted by Crippen LogP contribution is 2.21. The predicted octanol–water partition coefficient (Wildman–Crippen LogP) is 2.10. The molecule has 0 aliphatic rings. The van der Waals surface area contributed by atoms with Gasteiger partial charge in [-0.2, -0.15) is 5.26 Å². The second-order valence-electron chi connectivity index (χ2n) is 4.38. The molecule has 0 unspecified atom stereocenters. The van der Waals surface area contributed by atoms with E-state index in [0.717, 1.165) is 0 Å². The van der Waals surface area contributed by atoms with Gasteiger partial charge in [0, 0.05) is 0 Å². The van der Waals surface area contributed by atoms with Gasteiger partial charge in [-0.15, -0.1) is 0 Å². The van der Waals surface area contributed by atoms with Crippen molar-refractivity contribution in [3.05, 3.63) is 29.8 Å². The van der Waals surface area contributed by atoms with Crippen LogP contribution < -0.4 is 4.72 Å². The first-order valence-corrected chi connectivity index (χ1v) is 6.28. The van der Waals surface area contributed by atoms with Crippen LogP contribution in [-0.4, -0.2) is 13.2 Å². The summed E-state index contributed by atoms with van der Waals surface area (Å²) in [5.41, 5.74) is 0.634. The number of hydrogen-bond donors (Lipinski definition) is 1. The molecule has 5 heteroatoms. The zero-order chi connectivity index (χ0) is 12.4. The van der Waals surface area contributed by atoms with E-state index in [0.29, 0.717) is 11.3 Å². The van der Waals surface area contributed by atoms with Gasteiger partial charge in [-0.3, -0.25) is 4.72 Å². The van der Waals surface area contributed by atoms with Crippen LogP contribution in [0.3, 0.4) is 0 Å². The lowest BCUT2D eigenvalue weighted by molar-refractivity contribution is 0.566. The molecule has 1 N–H and O–H groups in total. The summed E-state index contributed by atoms with van der Waals surface area (Å²) in [6.07, 6.45) is 0. The first kappa shape index (κ1) is 12.5. The number of nitrogens with one attached hydrogen (secondary N) is 1. The Hall–Kier alpha value is -1.54. The standard InChI is InChI=1S/C11H14N2O2S/c1-11(2,3)16(14,15)13-10-7-5-4-6-9(10)8-12/h4-7,13H,1-3H3. The van der Waals surface area contributed by atoms with Crippen molar-refractivity contribution in [3.63, 3.8) is 0 Å². The fourth-order valence-electron chi connectivity index (χ4n) is 0.967. The number of rotatable bonds is 2. The smallest absolute Gasteiger partial charge is 0.237 e. The second kappa shape index (κ2) is 4.14. The lowest BCUT2D eigenvalue weighted by atomic mass is 10.2. The Morgan fingerprint density at radius 2 is 1.81 bits per heavy atom. The number of para-hydroxylation sites is 1. The Balaban J connectivity index is 3.13. The molecule has 0 amide bonds. The third-order valence-electron chi connectivity index (χ3n) is 2.10. The summed E-state index contributed by atoms with van der Waals surface area (Å²) in [5, 5.41) is 8.83. The Morgan fingerprint density at radius 3 is 2.31 bits per heavy atom. The summed E-state index contributed by atoms with van der Waals surface area (Å²) in [6.45, 7) is 4.80. The first-order valence-electron chi connectivity index (χ1n) is 4.79. The van der Waals surface area contributed by atoms with Crippen LogP contribution in [0.2, 0.25) is 0 Å². The minimum atomic E-state index is -3.48. The van der Waals surface area contributed by atoms with E-state index in [1.54, 1.807) is 45.0 Å². The predicted molar refractivity (Wildman–Crippen MR) is 63.5 cm³/mol. The summed E-state index contributed by atoms with van der Waals surface area (Å²) in [6, 6.07) is 8.45. The highest BCUT2D eigenvalue weighted by atomic mass is 32.2. The van der Waals surface area contributed by atoms with Gasteiger partial charge >= 0.3 is 0 Å². The van der Waals surface area contributed by atoms with Crippen LogP contribution >= 0.6 is 0 Å². The highest BCUT2D eigenvalue weighted by molar-refractivity contribution is 7.94. The van der Waals surface area contributed by atoms with Gasteiger partial charge in [-0.1, -0.05) is 12.1 Å². The first-order chi connectivity index (χ1) is 7.28. The molecule has 0 aliphatic heterocycles. The van der Waals surface area contributed by atoms with Crippen molar-refractivity contribution >= 4 is 15.7 Å². The van der Waals surface area contributed by atoms with Gasteiger partial charge < -0.3 is 0 Å². The van der Waals surface area contributed by atoms with Crippen molar-refractivity contribution in [2.45, 2.75) is 25.5 Å². The number of benzene rings is 1. The fraction of sp³-hybridized carbons (Fsp3) is 0.364. The Morgan fingerprint density at radius 1 is 1.25 bits per heavy atom. The third-order valence-corrected chi connectivity index (χ3v) is 4.20. The molecule has 0 aliphatic carbocycles. The molecule has 0 fully saturated rings. The molecular weight excluding hydrogens is 224 g/mol. The van der Waals surface area contributed by atoms with Gasteiger partial charge in [0.1, 0.15) is 6.07 Å². The largest absolute Gasteiger partial charge is 0.282 e. The van der Waals surface area contributed by atoms with Gasteiger partial charge in [0.15, 0.2) is 0 Å². The monoisotopic (exact) mass is 238 g/mol. The molecule has 0 saturated heterocycles. The molecule has 86 valence electrons. The number of nitrogens with zero attached hydrogens (tertiary/aromatic N) is 1. The van der Waals surface area contributed by atoms with Gasteiger partial charge in [-0.05, 0) is 32.9 Å². The van der Waals surface area contributed by atoms with Crippen LogP contribution in [0.4, 0.5) is 5.69 Å². The summed E-state index contributed by atoms with van der Waals surface area (Å²) in [5.74, 6) is 0. The van der Waals surface area contributed by atoms with Crippen LogP contribution in [-0.2, 0) is 10.0 Å². The average Bonchev–Trinajstić information content (AvgIpc) is 2.16. The van der Waals surface area contributed by atoms with E-state index in [9.17, 15) is 8.42 Å². The molecule has 0 heterocycles. The van der Waals surface area contributed by atoms with Crippen LogP contribution in [0.25, 0.3) is 0 Å². The van der Waals surface area contributed by atoms with Crippen molar-refractivity contribution < 1.29 is 8.42 Å². The Kier molecular flexibility index (Phi) is 3.24. The van der Waals surface area contributed by atoms with Crippen molar-refractivity contribution in [2.75, 3.05) is 4.72 Å². The summed E-state index contributed by atoms with van der Waals surface area (Å²) < 4.78 is 25.3. The fourth-order valence-corrected chi connectivity index (χ4v) is 1.74. The zero-order valence-corrected chi connectivity index (χ0v) is 10.3. The van der Waals surface area contributed by atoms with E-state index in [-0.39, 0.29) is 0 Å². The lowest BCUT2D eigenvalue weighted by Crippen LogP contribution is -2.33. The van der Waals surface area contributed by atoms with Crippen LogP contribution in [0.1, 0.15) is 26.3 Å². The van der Waals surface area contributed by atoms with Gasteiger partial charge in [-0.25, -0.2) is 8.42 Å². The number of anilines is 1. The molecule has 1 aromatic rings. The molecule has 0 radical (unpaired) electrons. The van der Waals surface area contributed by atoms with Crippen molar-refractivity contribution in [2.24, 2.45) is 0 Å². The number of sulfonamides is 1. The van der Waals surface area contributed by atoms with Gasteiger partial charge in [0.2, 0.25) is 10.0 Å². The quantitative estimate of drug-likeness (QED) is 0.857. The van der Waals surface area contributed by atoms with Crippen LogP contribution in [0.5, 0.6) is 0 Å². The van der Waals surface area contributed by atoms with Crippen molar-refractivity contribution in [3.8, 4) is 6.07 Å². The molecule has 1 aromatic carbocycles. The van der Waals surface area contributed by atoms with E-state index in [4.69, 9.17) is 5.26 Å². The summed E-state index contributed by atoms with van der Waals surface area (Å²) in [4.78, 5) is 0. The van der Waals surface area contributed by atoms with Crippen LogP contribution in [0, 0.1) is 11.3 Å². The molecule has 0 aromatic heterocycles. The SMILES string of the molecule is CC(C)(C)S(=O)(=O)Nc1ccccc1C#N. The lowest BCUT2D eigenvalue weighted by Gasteiger charge is -2.20. The van der Waals surface area contributed by atoms with E-state index < -0.39 is 14.8 Å². The molecule has 0 saturated carbocycles. The maximum atomic E-state index is 11.9. The van der Waals surface area contributed by atoms with Gasteiger partial charge in [0.05, 0.1) is 16.0 Å². The molecule has 4 nitrogen and oxygen atoms in total. The topological polar surface area (TPSA) is 70.0 Å². The maximum Gasteiger partial charge on any atom is 0.237 e. The summed E-state index contributed by atoms with van der Waals surface area (Å²) in [7, 11) is -3.48. The third kappa shape index (κ3) is 2.52. The minimum Gasteiger partial charge on any atom is -0.282 e. The van der Waals surface area contributed by atoms with E-state index >= 15 is 0 Å². The van der Waals surface area contributed by atoms with E-state index in [2.05, 4.69) is 4.72 Å². The molecule has 1 rings (SSSR count). The minimum absolute atomic E-state index is 0.315. The molecule has 16 heavy (non-hydrogen) atoms. The van der Waals surface area contributed by atoms with E-state index in [1.807, 2.05) is 6.07 Å². The maximum absolute atomic E-state index is 11.9. The average molecular weight is 238 g/mol. The number of hydrogen-bond acceptors (Lipinski definition) is 3. The molecule has 0 spiro atoms. The normalized spacial score (nSPS) is 11.9. The number of nitriles is 1. The van der Waals surface area contributed by atoms with Crippen LogP contribution in [0.15, 0.2) is 24.3 Å². The Bertz CT molecular complexity index is 522. The molecule has 0 bridgehead atoms. The van der Waals surface area contributed by atoms with E-state index in [1.165, 1.54) is 0 Å². The molecule has 0 atom stereocenters.